The first-order valence-electron chi connectivity index (χ1n) is 8.10. The topological polar surface area (TPSA) is 98.5 Å². The number of sulfonamides is 1. The summed E-state index contributed by atoms with van der Waals surface area (Å²) < 4.78 is 37.3. The highest BCUT2D eigenvalue weighted by molar-refractivity contribution is 7.89. The number of carbonyl (C=O) groups excluding carboxylic acids is 1. The van der Waals surface area contributed by atoms with E-state index in [-0.39, 0.29) is 11.5 Å². The number of esters is 1. The minimum absolute atomic E-state index is 0.0878. The van der Waals surface area contributed by atoms with Gasteiger partial charge in [-0.05, 0) is 37.4 Å². The molecule has 3 aromatic rings. The van der Waals surface area contributed by atoms with Crippen molar-refractivity contribution in [3.8, 4) is 10.6 Å². The number of hydrogen-bond acceptors (Lipinski definition) is 7. The molecule has 0 saturated carbocycles. The minimum atomic E-state index is -3.81. The zero-order valence-corrected chi connectivity index (χ0v) is 16.3. The number of thiophene rings is 1. The highest BCUT2D eigenvalue weighted by Crippen LogP contribution is 2.25. The molecule has 1 N–H and O–H groups in total. The molecule has 3 rings (SSSR count). The number of nitrogens with one attached hydrogen (secondary N) is 1. The molecule has 0 unspecified atom stereocenters. The SMILES string of the molecule is Cc1ccc(S(=O)(=O)N[C@@H](C)C(=O)OCc2cc(-c3cccs3)on2)cc1. The summed E-state index contributed by atoms with van der Waals surface area (Å²) in [5.41, 5.74) is 1.39. The van der Waals surface area contributed by atoms with Crippen LogP contribution in [0.15, 0.2) is 57.3 Å². The maximum absolute atomic E-state index is 12.3. The summed E-state index contributed by atoms with van der Waals surface area (Å²) in [6.45, 7) is 3.18. The molecule has 0 radical (unpaired) electrons. The van der Waals surface area contributed by atoms with E-state index in [0.717, 1.165) is 10.4 Å². The zero-order valence-electron chi connectivity index (χ0n) is 14.7. The van der Waals surface area contributed by atoms with Crippen molar-refractivity contribution in [2.75, 3.05) is 0 Å². The average Bonchev–Trinajstić information content (AvgIpc) is 3.31. The monoisotopic (exact) mass is 406 g/mol. The molecular formula is C18H18N2O5S2. The van der Waals surface area contributed by atoms with E-state index in [2.05, 4.69) is 9.88 Å². The van der Waals surface area contributed by atoms with Crippen LogP contribution >= 0.6 is 11.3 Å². The number of aromatic nitrogens is 1. The van der Waals surface area contributed by atoms with Crippen LogP contribution in [0.1, 0.15) is 18.2 Å². The molecule has 2 heterocycles. The average molecular weight is 406 g/mol. The van der Waals surface area contributed by atoms with Crippen LogP contribution < -0.4 is 4.72 Å². The Bertz CT molecular complexity index is 1010. The van der Waals surface area contributed by atoms with E-state index in [1.54, 1.807) is 18.2 Å². The number of aryl methyl sites for hydroxylation is 1. The van der Waals surface area contributed by atoms with Crippen molar-refractivity contribution >= 4 is 27.3 Å². The van der Waals surface area contributed by atoms with Gasteiger partial charge in [-0.2, -0.15) is 4.72 Å². The van der Waals surface area contributed by atoms with Gasteiger partial charge in [0.2, 0.25) is 10.0 Å². The molecular weight excluding hydrogens is 388 g/mol. The van der Waals surface area contributed by atoms with Gasteiger partial charge in [-0.3, -0.25) is 4.79 Å². The summed E-state index contributed by atoms with van der Waals surface area (Å²) in [4.78, 5) is 13.1. The molecule has 0 amide bonds. The van der Waals surface area contributed by atoms with Gasteiger partial charge in [0.05, 0.1) is 9.77 Å². The third-order valence-electron chi connectivity index (χ3n) is 3.70. The third kappa shape index (κ3) is 4.82. The Morgan fingerprint density at radius 2 is 2.04 bits per heavy atom. The summed E-state index contributed by atoms with van der Waals surface area (Å²) in [6.07, 6.45) is 0. The predicted octanol–water partition coefficient (Wildman–Crippen LogP) is 3.12. The number of ether oxygens (including phenoxy) is 1. The number of nitrogens with zero attached hydrogens (tertiary/aromatic N) is 1. The summed E-state index contributed by atoms with van der Waals surface area (Å²) in [6, 6.07) is 10.8. The summed E-state index contributed by atoms with van der Waals surface area (Å²) in [5, 5.41) is 5.77. The summed E-state index contributed by atoms with van der Waals surface area (Å²) in [5.74, 6) is -0.115. The van der Waals surface area contributed by atoms with Crippen LogP contribution in [0, 0.1) is 6.92 Å². The van der Waals surface area contributed by atoms with Gasteiger partial charge in [-0.15, -0.1) is 11.3 Å². The summed E-state index contributed by atoms with van der Waals surface area (Å²) >= 11 is 1.51. The quantitative estimate of drug-likeness (QED) is 0.605. The number of rotatable bonds is 7. The van der Waals surface area contributed by atoms with Gasteiger partial charge in [0.1, 0.15) is 18.3 Å². The van der Waals surface area contributed by atoms with Gasteiger partial charge in [0, 0.05) is 6.07 Å². The van der Waals surface area contributed by atoms with Gasteiger partial charge >= 0.3 is 5.97 Å². The maximum atomic E-state index is 12.3. The van der Waals surface area contributed by atoms with E-state index < -0.39 is 22.0 Å². The molecule has 1 aromatic carbocycles. The van der Waals surface area contributed by atoms with Crippen molar-refractivity contribution in [2.24, 2.45) is 0 Å². The van der Waals surface area contributed by atoms with E-state index >= 15 is 0 Å². The first-order valence-corrected chi connectivity index (χ1v) is 10.5. The lowest BCUT2D eigenvalue weighted by atomic mass is 10.2. The molecule has 0 bridgehead atoms. The second-order valence-electron chi connectivity index (χ2n) is 5.92. The number of hydrogen-bond donors (Lipinski definition) is 1. The van der Waals surface area contributed by atoms with Gasteiger partial charge in [0.25, 0.3) is 0 Å². The van der Waals surface area contributed by atoms with Crippen LogP contribution in [0.2, 0.25) is 0 Å². The van der Waals surface area contributed by atoms with E-state index in [1.165, 1.54) is 30.4 Å². The van der Waals surface area contributed by atoms with Crippen LogP contribution in [0.3, 0.4) is 0 Å². The van der Waals surface area contributed by atoms with Crippen molar-refractivity contribution in [1.29, 1.82) is 0 Å². The third-order valence-corrected chi connectivity index (χ3v) is 6.14. The van der Waals surface area contributed by atoms with Gasteiger partial charge < -0.3 is 9.26 Å². The molecule has 27 heavy (non-hydrogen) atoms. The normalized spacial score (nSPS) is 12.7. The largest absolute Gasteiger partial charge is 0.458 e. The predicted molar refractivity (Wildman–Crippen MR) is 101 cm³/mol. The molecule has 0 aliphatic rings. The van der Waals surface area contributed by atoms with Crippen molar-refractivity contribution in [3.05, 3.63) is 59.1 Å². The molecule has 142 valence electrons. The molecule has 0 spiro atoms. The Kier molecular flexibility index (Phi) is 5.73. The number of benzene rings is 1. The second-order valence-corrected chi connectivity index (χ2v) is 8.59. The Balaban J connectivity index is 1.57. The minimum Gasteiger partial charge on any atom is -0.458 e. The first kappa shape index (κ1) is 19.3. The van der Waals surface area contributed by atoms with Gasteiger partial charge in [-0.1, -0.05) is 28.9 Å². The van der Waals surface area contributed by atoms with E-state index in [9.17, 15) is 13.2 Å². The molecule has 9 heteroatoms. The van der Waals surface area contributed by atoms with Gasteiger partial charge in [0.15, 0.2) is 5.76 Å². The van der Waals surface area contributed by atoms with Crippen LogP contribution in [-0.4, -0.2) is 25.6 Å². The highest BCUT2D eigenvalue weighted by atomic mass is 32.2. The maximum Gasteiger partial charge on any atom is 0.324 e. The Morgan fingerprint density at radius 3 is 2.70 bits per heavy atom. The molecule has 2 aromatic heterocycles. The lowest BCUT2D eigenvalue weighted by Crippen LogP contribution is -2.39. The van der Waals surface area contributed by atoms with Gasteiger partial charge in [-0.25, -0.2) is 8.42 Å². The fourth-order valence-electron chi connectivity index (χ4n) is 2.25. The lowest BCUT2D eigenvalue weighted by Gasteiger charge is -2.13. The standard InChI is InChI=1S/C18H18N2O5S2/c1-12-5-7-15(8-6-12)27(22,23)20-13(2)18(21)24-11-14-10-16(25-19-14)17-4-3-9-26-17/h3-10,13,20H,11H2,1-2H3/t13-/m0/s1. The van der Waals surface area contributed by atoms with Crippen molar-refractivity contribution in [2.45, 2.75) is 31.4 Å². The van der Waals surface area contributed by atoms with Crippen molar-refractivity contribution in [1.82, 2.24) is 9.88 Å². The van der Waals surface area contributed by atoms with Crippen LogP contribution in [-0.2, 0) is 26.2 Å². The van der Waals surface area contributed by atoms with Crippen molar-refractivity contribution in [3.63, 3.8) is 0 Å². The molecule has 0 fully saturated rings. The van der Waals surface area contributed by atoms with Crippen LogP contribution in [0.4, 0.5) is 0 Å². The fraction of sp³-hybridized carbons (Fsp3) is 0.222. The van der Waals surface area contributed by atoms with Crippen molar-refractivity contribution < 1.29 is 22.5 Å². The van der Waals surface area contributed by atoms with Crippen LogP contribution in [0.25, 0.3) is 10.6 Å². The van der Waals surface area contributed by atoms with E-state index in [1.807, 2.05) is 24.4 Å². The van der Waals surface area contributed by atoms with E-state index in [4.69, 9.17) is 9.26 Å². The molecule has 7 nitrogen and oxygen atoms in total. The number of carbonyl (C=O) groups is 1. The Morgan fingerprint density at radius 1 is 1.30 bits per heavy atom. The molecule has 0 aliphatic heterocycles. The molecule has 0 saturated heterocycles. The van der Waals surface area contributed by atoms with E-state index in [0.29, 0.717) is 11.5 Å². The Labute approximate surface area is 161 Å². The molecule has 0 aliphatic carbocycles. The zero-order chi connectivity index (χ0) is 19.4. The smallest absolute Gasteiger partial charge is 0.324 e. The summed E-state index contributed by atoms with van der Waals surface area (Å²) in [7, 11) is -3.81. The highest BCUT2D eigenvalue weighted by Gasteiger charge is 2.23. The Hall–Kier alpha value is -2.49. The first-order chi connectivity index (χ1) is 12.8. The lowest BCUT2D eigenvalue weighted by molar-refractivity contribution is -0.146. The fourth-order valence-corrected chi connectivity index (χ4v) is 4.12. The molecule has 1 atom stereocenters. The van der Waals surface area contributed by atoms with Crippen LogP contribution in [0.5, 0.6) is 0 Å². The second kappa shape index (κ2) is 8.03.